The molecule has 4 nitrogen and oxygen atoms in total. The minimum atomic E-state index is -4.50. The summed E-state index contributed by atoms with van der Waals surface area (Å²) in [6, 6.07) is 2.79. The van der Waals surface area contributed by atoms with Gasteiger partial charge in [0.05, 0.1) is 10.5 Å². The van der Waals surface area contributed by atoms with Crippen molar-refractivity contribution in [3.8, 4) is 0 Å². The van der Waals surface area contributed by atoms with Gasteiger partial charge in [0.25, 0.3) is 5.69 Å². The topological polar surface area (TPSA) is 60.2 Å². The number of benzene rings is 1. The number of nitro groups is 1. The van der Waals surface area contributed by atoms with E-state index in [-0.39, 0.29) is 16.9 Å². The Labute approximate surface area is 104 Å². The summed E-state index contributed by atoms with van der Waals surface area (Å²) >= 11 is -0.412. The average molecular weight is 279 g/mol. The van der Waals surface area contributed by atoms with E-state index in [2.05, 4.69) is 0 Å². The summed E-state index contributed by atoms with van der Waals surface area (Å²) < 4.78 is 36.5. The molecule has 98 valence electrons. The Hall–Kier alpha value is -1.57. The van der Waals surface area contributed by atoms with Crippen molar-refractivity contribution in [2.24, 2.45) is 0 Å². The summed E-state index contributed by atoms with van der Waals surface area (Å²) in [7, 11) is 0. The third-order valence-electron chi connectivity index (χ3n) is 2.02. The van der Waals surface area contributed by atoms with Gasteiger partial charge in [-0.05, 0) is 23.9 Å². The average Bonchev–Trinajstić information content (AvgIpc) is 2.25. The zero-order valence-electron chi connectivity index (χ0n) is 9.15. The monoisotopic (exact) mass is 279 g/mol. The van der Waals surface area contributed by atoms with Crippen LogP contribution in [0.4, 0.5) is 18.9 Å². The largest absolute Gasteiger partial charge is 0.446 e. The first-order valence-electron chi connectivity index (χ1n) is 4.82. The number of nitrogens with zero attached hydrogens (tertiary/aromatic N) is 1. The lowest BCUT2D eigenvalue weighted by atomic mass is 10.1. The lowest BCUT2D eigenvalue weighted by Crippen LogP contribution is -2.04. The van der Waals surface area contributed by atoms with E-state index in [1.807, 2.05) is 0 Å². The third kappa shape index (κ3) is 3.73. The first-order valence-corrected chi connectivity index (χ1v) is 5.63. The Morgan fingerprint density at radius 2 is 2.06 bits per heavy atom. The molecule has 18 heavy (non-hydrogen) atoms. The van der Waals surface area contributed by atoms with Crippen molar-refractivity contribution in [1.82, 2.24) is 0 Å². The fraction of sp³-hybridized carbons (Fsp3) is 0.300. The number of hydrogen-bond acceptors (Lipinski definition) is 4. The van der Waals surface area contributed by atoms with Crippen LogP contribution in [0.1, 0.15) is 23.7 Å². The Morgan fingerprint density at radius 3 is 2.50 bits per heavy atom. The molecule has 0 aliphatic heterocycles. The van der Waals surface area contributed by atoms with Crippen LogP contribution in [-0.2, 0) is 0 Å². The summed E-state index contributed by atoms with van der Waals surface area (Å²) in [6.07, 6.45) is -0.0129. The fourth-order valence-electron chi connectivity index (χ4n) is 1.29. The molecular formula is C10H8F3NO3S. The van der Waals surface area contributed by atoms with Crippen LogP contribution >= 0.6 is 11.8 Å². The van der Waals surface area contributed by atoms with Crippen LogP contribution in [0.5, 0.6) is 0 Å². The first kappa shape index (κ1) is 14.5. The highest BCUT2D eigenvalue weighted by Crippen LogP contribution is 2.38. The van der Waals surface area contributed by atoms with Crippen molar-refractivity contribution in [2.45, 2.75) is 23.7 Å². The van der Waals surface area contributed by atoms with Crippen molar-refractivity contribution >= 4 is 23.2 Å². The van der Waals surface area contributed by atoms with E-state index >= 15 is 0 Å². The number of carbonyl (C=O) groups excluding carboxylic acids is 1. The van der Waals surface area contributed by atoms with Crippen molar-refractivity contribution in [1.29, 1.82) is 0 Å². The molecule has 8 heteroatoms. The van der Waals surface area contributed by atoms with Gasteiger partial charge in [0.1, 0.15) is 0 Å². The van der Waals surface area contributed by atoms with Crippen LogP contribution in [0, 0.1) is 10.1 Å². The highest BCUT2D eigenvalue weighted by Gasteiger charge is 2.30. The molecule has 0 bridgehead atoms. The SMILES string of the molecule is CCC(=O)c1cc(SC(F)(F)F)ccc1[N+](=O)[O-]. The van der Waals surface area contributed by atoms with Gasteiger partial charge in [-0.25, -0.2) is 0 Å². The second-order valence-corrected chi connectivity index (χ2v) is 4.40. The molecule has 0 saturated carbocycles. The Morgan fingerprint density at radius 1 is 1.44 bits per heavy atom. The van der Waals surface area contributed by atoms with Crippen LogP contribution in [0.2, 0.25) is 0 Å². The van der Waals surface area contributed by atoms with Crippen LogP contribution in [-0.4, -0.2) is 16.2 Å². The predicted molar refractivity (Wildman–Crippen MR) is 59.6 cm³/mol. The number of nitro benzene ring substituents is 1. The molecule has 0 unspecified atom stereocenters. The van der Waals surface area contributed by atoms with Crippen LogP contribution in [0.3, 0.4) is 0 Å². The maximum atomic E-state index is 12.2. The van der Waals surface area contributed by atoms with E-state index in [0.29, 0.717) is 0 Å². The Kier molecular flexibility index (Phi) is 4.33. The van der Waals surface area contributed by atoms with Crippen LogP contribution in [0.25, 0.3) is 0 Å². The number of alkyl halides is 3. The van der Waals surface area contributed by atoms with Gasteiger partial charge in [0.2, 0.25) is 0 Å². The normalized spacial score (nSPS) is 11.3. The summed E-state index contributed by atoms with van der Waals surface area (Å²) in [5, 5.41) is 10.7. The number of halogens is 3. The first-order chi connectivity index (χ1) is 8.24. The molecule has 0 aliphatic rings. The highest BCUT2D eigenvalue weighted by atomic mass is 32.2. The number of thioether (sulfide) groups is 1. The van der Waals surface area contributed by atoms with Gasteiger partial charge in [0.15, 0.2) is 5.78 Å². The van der Waals surface area contributed by atoms with Crippen molar-refractivity contribution in [2.75, 3.05) is 0 Å². The molecule has 0 fully saturated rings. The Balaban J connectivity index is 3.21. The molecule has 0 aliphatic carbocycles. The van der Waals surface area contributed by atoms with Gasteiger partial charge in [-0.15, -0.1) is 0 Å². The molecular weight excluding hydrogens is 271 g/mol. The van der Waals surface area contributed by atoms with Crippen molar-refractivity contribution in [3.63, 3.8) is 0 Å². The van der Waals surface area contributed by atoms with Gasteiger partial charge in [0, 0.05) is 17.4 Å². The number of ketones is 1. The van der Waals surface area contributed by atoms with Gasteiger partial charge < -0.3 is 0 Å². The van der Waals surface area contributed by atoms with Gasteiger partial charge in [-0.2, -0.15) is 13.2 Å². The van der Waals surface area contributed by atoms with E-state index < -0.39 is 33.7 Å². The quantitative estimate of drug-likeness (QED) is 0.364. The zero-order valence-corrected chi connectivity index (χ0v) is 9.97. The summed E-state index contributed by atoms with van der Waals surface area (Å²) in [6.45, 7) is 1.48. The molecule has 0 radical (unpaired) electrons. The molecule has 0 amide bonds. The molecule has 0 saturated heterocycles. The minimum Gasteiger partial charge on any atom is -0.294 e. The zero-order chi connectivity index (χ0) is 13.9. The molecule has 1 aromatic rings. The van der Waals surface area contributed by atoms with Crippen molar-refractivity contribution < 1.29 is 22.9 Å². The third-order valence-corrected chi connectivity index (χ3v) is 2.74. The highest BCUT2D eigenvalue weighted by molar-refractivity contribution is 8.00. The van der Waals surface area contributed by atoms with Crippen molar-refractivity contribution in [3.05, 3.63) is 33.9 Å². The second-order valence-electron chi connectivity index (χ2n) is 3.26. The van der Waals surface area contributed by atoms with E-state index in [1.54, 1.807) is 0 Å². The molecule has 1 aromatic carbocycles. The molecule has 1 rings (SSSR count). The van der Waals surface area contributed by atoms with E-state index in [4.69, 9.17) is 0 Å². The maximum absolute atomic E-state index is 12.2. The van der Waals surface area contributed by atoms with Gasteiger partial charge in [-0.1, -0.05) is 6.92 Å². The maximum Gasteiger partial charge on any atom is 0.446 e. The number of carbonyl (C=O) groups is 1. The van der Waals surface area contributed by atoms with E-state index in [1.165, 1.54) is 6.92 Å². The standard InChI is InChI=1S/C10H8F3NO3S/c1-2-9(15)7-5-6(18-10(11,12)13)3-4-8(7)14(16)17/h3-5H,2H2,1H3. The lowest BCUT2D eigenvalue weighted by Gasteiger charge is -2.07. The number of hydrogen-bond donors (Lipinski definition) is 0. The number of rotatable bonds is 4. The lowest BCUT2D eigenvalue weighted by molar-refractivity contribution is -0.385. The fourth-order valence-corrected chi connectivity index (χ4v) is 1.87. The van der Waals surface area contributed by atoms with Crippen LogP contribution < -0.4 is 0 Å². The van der Waals surface area contributed by atoms with Gasteiger partial charge >= 0.3 is 5.51 Å². The van der Waals surface area contributed by atoms with Crippen LogP contribution in [0.15, 0.2) is 23.1 Å². The Bertz CT molecular complexity index is 488. The molecule has 0 N–H and O–H groups in total. The number of Topliss-reactive ketones (excluding diaryl/α,β-unsaturated/α-hetero) is 1. The molecule has 0 atom stereocenters. The molecule has 0 heterocycles. The second kappa shape index (κ2) is 5.38. The molecule has 0 spiro atoms. The minimum absolute atomic E-state index is 0.0129. The summed E-state index contributed by atoms with van der Waals surface area (Å²) in [5.74, 6) is -0.564. The summed E-state index contributed by atoms with van der Waals surface area (Å²) in [4.78, 5) is 21.1. The molecule has 0 aromatic heterocycles. The van der Waals surface area contributed by atoms with Gasteiger partial charge in [-0.3, -0.25) is 14.9 Å². The van der Waals surface area contributed by atoms with E-state index in [0.717, 1.165) is 18.2 Å². The smallest absolute Gasteiger partial charge is 0.294 e. The van der Waals surface area contributed by atoms with E-state index in [9.17, 15) is 28.1 Å². The predicted octanol–water partition coefficient (Wildman–Crippen LogP) is 3.80. The summed E-state index contributed by atoms with van der Waals surface area (Å²) in [5.41, 5.74) is -5.27.